The molecule has 0 spiro atoms. The fourth-order valence-electron chi connectivity index (χ4n) is 1.17. The Bertz CT molecular complexity index is 344. The van der Waals surface area contributed by atoms with Crippen molar-refractivity contribution < 1.29 is 3.04 Å². The van der Waals surface area contributed by atoms with Crippen molar-refractivity contribution in [2.75, 3.05) is 0 Å². The summed E-state index contributed by atoms with van der Waals surface area (Å²) in [7, 11) is 0. The zero-order valence-electron chi connectivity index (χ0n) is 9.05. The van der Waals surface area contributed by atoms with Gasteiger partial charge in [0.2, 0.25) is 0 Å². The molecule has 13 heavy (non-hydrogen) atoms. The van der Waals surface area contributed by atoms with Gasteiger partial charge < -0.3 is 0 Å². The van der Waals surface area contributed by atoms with Gasteiger partial charge in [-0.1, -0.05) is 0 Å². The molecule has 0 nitrogen and oxygen atoms in total. The average molecular weight is 495 g/mol. The summed E-state index contributed by atoms with van der Waals surface area (Å²) in [4.78, 5) is 0. The van der Waals surface area contributed by atoms with Gasteiger partial charge in [0.15, 0.2) is 0 Å². The first-order valence-corrected chi connectivity index (χ1v) is 23.8. The molecular formula is C10H20I2Ru. The van der Waals surface area contributed by atoms with E-state index in [0.29, 0.717) is 0 Å². The van der Waals surface area contributed by atoms with Gasteiger partial charge in [-0.05, 0) is 0 Å². The second-order valence-corrected chi connectivity index (χ2v) is 100. The van der Waals surface area contributed by atoms with Gasteiger partial charge in [0.05, 0.1) is 0 Å². The number of halogens is 2. The van der Waals surface area contributed by atoms with Gasteiger partial charge in [0.1, 0.15) is 0 Å². The van der Waals surface area contributed by atoms with Crippen molar-refractivity contribution in [2.24, 2.45) is 0 Å². The van der Waals surface area contributed by atoms with Gasteiger partial charge in [0.25, 0.3) is 0 Å². The molecule has 82 valence electrons. The molecule has 0 atom stereocenters. The molecule has 0 saturated carbocycles. The van der Waals surface area contributed by atoms with Gasteiger partial charge in [-0.2, -0.15) is 0 Å². The second-order valence-electron chi connectivity index (χ2n) is 7.17. The van der Waals surface area contributed by atoms with Gasteiger partial charge in [-0.15, -0.1) is 0 Å². The zero-order chi connectivity index (χ0) is 10.8. The zero-order valence-corrected chi connectivity index (χ0v) is 15.1. The standard InChI is InChI=1S/C5H5.5CH3.2HI.Ru/c1-2-4-5-3-1;;;;;;;;/h1-3H,4H2;5*1H3;2*1H;/q;;;;;;;;+2/p-2. The molecule has 0 aromatic rings. The van der Waals surface area contributed by atoms with E-state index >= 15 is 0 Å². The topological polar surface area (TPSA) is 0 Å². The van der Waals surface area contributed by atoms with E-state index in [2.05, 4.69) is 85.3 Å². The van der Waals surface area contributed by atoms with Crippen LogP contribution in [0.25, 0.3) is 0 Å². The van der Waals surface area contributed by atoms with Crippen LogP contribution in [0.4, 0.5) is 0 Å². The first kappa shape index (κ1) is 12.6. The fraction of sp³-hybridized carbons (Fsp3) is 0.600. The summed E-state index contributed by atoms with van der Waals surface area (Å²) in [5.74, 6) is 0. The molecule has 1 rings (SSSR count). The molecule has 0 saturated heterocycles. The molecule has 0 fully saturated rings. The number of rotatable bonds is 1. The Morgan fingerprint density at radius 2 is 1.54 bits per heavy atom. The summed E-state index contributed by atoms with van der Waals surface area (Å²) >= 11 is 5.50. The van der Waals surface area contributed by atoms with Crippen LogP contribution in [-0.2, 0) is 3.04 Å². The quantitative estimate of drug-likeness (QED) is 0.306. The van der Waals surface area contributed by atoms with Crippen molar-refractivity contribution in [3.05, 3.63) is 22.4 Å². The number of allylic oxidation sites excluding steroid dienone is 4. The molecule has 3 heteroatoms. The Morgan fingerprint density at radius 3 is 1.69 bits per heavy atom. The van der Waals surface area contributed by atoms with Crippen LogP contribution < -0.4 is 0 Å². The first-order valence-electron chi connectivity index (χ1n) is 3.93. The van der Waals surface area contributed by atoms with Crippen LogP contribution in [0.2, 0.25) is 27.6 Å². The van der Waals surface area contributed by atoms with Crippen LogP contribution in [0.3, 0.4) is 0 Å². The molecule has 0 amide bonds. The van der Waals surface area contributed by atoms with Crippen LogP contribution in [0, 0.1) is 0 Å². The molecule has 1 aliphatic carbocycles. The Labute approximate surface area is 97.5 Å². The summed E-state index contributed by atoms with van der Waals surface area (Å²) in [5.41, 5.74) is 12.4. The molecule has 0 N–H and O–H groups in total. The molecule has 0 aromatic heterocycles. The van der Waals surface area contributed by atoms with E-state index in [1.54, 1.807) is 4.17 Å². The average Bonchev–Trinajstić information content (AvgIpc) is 1.97. The summed E-state index contributed by atoms with van der Waals surface area (Å²) in [5, 5.41) is 0. The molecule has 0 bridgehead atoms. The van der Waals surface area contributed by atoms with Gasteiger partial charge in [-0.3, -0.25) is 0 Å². The third-order valence-corrected chi connectivity index (χ3v) is 14.9. The molecule has 0 aromatic carbocycles. The van der Waals surface area contributed by atoms with Crippen LogP contribution in [0.5, 0.6) is 0 Å². The number of hydrogen-bond acceptors (Lipinski definition) is 0. The predicted molar refractivity (Wildman–Crippen MR) is 79.2 cm³/mol. The minimum atomic E-state index is -3.66. The third-order valence-electron chi connectivity index (χ3n) is 2.02. The molecule has 0 unspecified atom stereocenters. The summed E-state index contributed by atoms with van der Waals surface area (Å²) in [6, 6.07) is 0. The monoisotopic (exact) mass is 496 g/mol. The Hall–Kier alpha value is 1.56. The van der Waals surface area contributed by atoms with Crippen LogP contribution in [0.1, 0.15) is 6.42 Å². The first-order chi connectivity index (χ1) is 5.00. The Balaban J connectivity index is 3.65. The van der Waals surface area contributed by atoms with E-state index in [-0.39, 0.29) is 0 Å². The molecule has 1 aliphatic rings. The molecule has 0 radical (unpaired) electrons. The summed E-state index contributed by atoms with van der Waals surface area (Å²) in [6.07, 6.45) is 7.89. The summed E-state index contributed by atoms with van der Waals surface area (Å²) < 4.78 is -2.05. The minimum absolute atomic E-state index is 1.12. The van der Waals surface area contributed by atoms with Crippen LogP contribution in [-0.4, -0.2) is 0 Å². The van der Waals surface area contributed by atoms with Crippen molar-refractivity contribution in [3.8, 4) is 0 Å². The Kier molecular flexibility index (Phi) is 1.56. The van der Waals surface area contributed by atoms with Crippen molar-refractivity contribution in [3.63, 3.8) is 0 Å². The maximum atomic E-state index is 2.75. The van der Waals surface area contributed by atoms with Crippen molar-refractivity contribution in [2.45, 2.75) is 34.0 Å². The van der Waals surface area contributed by atoms with E-state index in [1.165, 1.54) is 0 Å². The SMILES string of the molecule is [CH3][Ru]([CH3])([CH3])([CH3])([CH3])([I])([I])[C]1=CC=CC1. The van der Waals surface area contributed by atoms with E-state index in [1.807, 2.05) is 0 Å². The van der Waals surface area contributed by atoms with Crippen molar-refractivity contribution >= 4 is 39.5 Å². The van der Waals surface area contributed by atoms with E-state index in [0.717, 1.165) is 6.42 Å². The second kappa shape index (κ2) is 1.60. The van der Waals surface area contributed by atoms with Crippen molar-refractivity contribution in [1.29, 1.82) is 0 Å². The van der Waals surface area contributed by atoms with Crippen LogP contribution in [0.15, 0.2) is 22.4 Å². The van der Waals surface area contributed by atoms with E-state index < -0.39 is 3.04 Å². The van der Waals surface area contributed by atoms with Gasteiger partial charge >= 0.3 is 99.0 Å². The van der Waals surface area contributed by atoms with E-state index in [9.17, 15) is 0 Å². The van der Waals surface area contributed by atoms with E-state index in [4.69, 9.17) is 0 Å². The molecular weight excluding hydrogens is 475 g/mol. The van der Waals surface area contributed by atoms with Gasteiger partial charge in [-0.25, -0.2) is 0 Å². The molecule has 0 heterocycles. The maximum absolute atomic E-state index is 3.66. The fourth-order valence-corrected chi connectivity index (χ4v) is 8.60. The van der Waals surface area contributed by atoms with Crippen LogP contribution >= 0.6 is 39.5 Å². The van der Waals surface area contributed by atoms with Crippen molar-refractivity contribution in [1.82, 2.24) is 0 Å². The number of hydrogen-bond donors (Lipinski definition) is 0. The third kappa shape index (κ3) is 3.56. The van der Waals surface area contributed by atoms with Gasteiger partial charge in [0, 0.05) is 0 Å². The normalized spacial score (nSPS) is 29.6. The molecule has 0 aliphatic heterocycles. The predicted octanol–water partition coefficient (Wildman–Crippen LogP) is 6.07. The Morgan fingerprint density at radius 1 is 1.08 bits per heavy atom. The summed E-state index contributed by atoms with van der Waals surface area (Å²) in [6.45, 7) is 0.